The minimum absolute atomic E-state index is 0.346. The molecule has 1 aromatic carbocycles. The molecule has 0 saturated heterocycles. The van der Waals surface area contributed by atoms with Crippen LogP contribution in [-0.2, 0) is 5.88 Å². The van der Waals surface area contributed by atoms with Crippen molar-refractivity contribution in [1.29, 1.82) is 0 Å². The topological polar surface area (TPSA) is 40.5 Å². The van der Waals surface area contributed by atoms with Gasteiger partial charge in [0.2, 0.25) is 0 Å². The molecule has 14 heavy (non-hydrogen) atoms. The Morgan fingerprint density at radius 3 is 2.64 bits per heavy atom. The van der Waals surface area contributed by atoms with Crippen LogP contribution >= 0.6 is 27.5 Å². The van der Waals surface area contributed by atoms with Gasteiger partial charge in [-0.15, -0.1) is 11.6 Å². The van der Waals surface area contributed by atoms with E-state index in [4.69, 9.17) is 11.6 Å². The summed E-state index contributed by atoms with van der Waals surface area (Å²) in [7, 11) is 0. The maximum atomic E-state index is 9.69. The van der Waals surface area contributed by atoms with Gasteiger partial charge in [0, 0.05) is 11.2 Å². The van der Waals surface area contributed by atoms with Gasteiger partial charge < -0.3 is 10.2 Å². The molecule has 0 aliphatic heterocycles. The maximum Gasteiger partial charge on any atom is 0.106 e. The number of benzene rings is 1. The van der Waals surface area contributed by atoms with Crippen LogP contribution in [0.3, 0.4) is 0 Å². The van der Waals surface area contributed by atoms with Crippen LogP contribution in [0.1, 0.15) is 17.2 Å². The lowest BCUT2D eigenvalue weighted by Gasteiger charge is -2.16. The smallest absolute Gasteiger partial charge is 0.106 e. The van der Waals surface area contributed by atoms with Crippen LogP contribution < -0.4 is 0 Å². The normalized spacial score (nSPS) is 15.1. The van der Waals surface area contributed by atoms with E-state index in [9.17, 15) is 10.2 Å². The Morgan fingerprint density at radius 1 is 1.36 bits per heavy atom. The number of hydrogen-bond donors (Lipinski definition) is 2. The van der Waals surface area contributed by atoms with E-state index in [0.29, 0.717) is 16.8 Å². The molecule has 4 heteroatoms. The van der Waals surface area contributed by atoms with E-state index in [2.05, 4.69) is 15.9 Å². The van der Waals surface area contributed by atoms with Gasteiger partial charge in [0.15, 0.2) is 0 Å². The second-order valence-electron chi connectivity index (χ2n) is 3.05. The van der Waals surface area contributed by atoms with E-state index in [0.717, 1.165) is 5.56 Å². The van der Waals surface area contributed by atoms with Gasteiger partial charge in [0.05, 0.1) is 6.10 Å². The third-order valence-electron chi connectivity index (χ3n) is 1.97. The first kappa shape index (κ1) is 12.0. The van der Waals surface area contributed by atoms with Crippen molar-refractivity contribution in [3.63, 3.8) is 0 Å². The summed E-state index contributed by atoms with van der Waals surface area (Å²) in [6, 6.07) is 7.26. The number of alkyl halides is 2. The molecule has 2 unspecified atom stereocenters. The molecular weight excluding hydrogens is 267 g/mol. The Labute approximate surface area is 96.7 Å². The molecule has 0 aliphatic carbocycles. The van der Waals surface area contributed by atoms with Gasteiger partial charge in [0.1, 0.15) is 6.10 Å². The molecule has 1 aromatic rings. The lowest BCUT2D eigenvalue weighted by molar-refractivity contribution is 0.0342. The molecule has 0 bridgehead atoms. The number of aliphatic hydroxyl groups is 2. The number of rotatable bonds is 4. The first-order chi connectivity index (χ1) is 6.69. The molecule has 0 heterocycles. The quantitative estimate of drug-likeness (QED) is 0.830. The summed E-state index contributed by atoms with van der Waals surface area (Å²) in [5, 5.41) is 19.4. The summed E-state index contributed by atoms with van der Waals surface area (Å²) < 4.78 is 0. The van der Waals surface area contributed by atoms with Gasteiger partial charge in [-0.1, -0.05) is 40.2 Å². The highest BCUT2D eigenvalue weighted by Gasteiger charge is 2.16. The summed E-state index contributed by atoms with van der Waals surface area (Å²) in [5.74, 6) is 0.408. The summed E-state index contributed by atoms with van der Waals surface area (Å²) in [6.45, 7) is 0. The lowest BCUT2D eigenvalue weighted by Crippen LogP contribution is -2.19. The van der Waals surface area contributed by atoms with Crippen LogP contribution in [-0.4, -0.2) is 21.6 Å². The average Bonchev–Trinajstić information content (AvgIpc) is 2.27. The Balaban J connectivity index is 2.83. The monoisotopic (exact) mass is 278 g/mol. The van der Waals surface area contributed by atoms with Crippen molar-refractivity contribution in [1.82, 2.24) is 0 Å². The van der Waals surface area contributed by atoms with Crippen molar-refractivity contribution in [2.75, 3.05) is 5.33 Å². The van der Waals surface area contributed by atoms with E-state index < -0.39 is 12.2 Å². The first-order valence-electron chi connectivity index (χ1n) is 4.26. The molecular formula is C10H12BrClO2. The van der Waals surface area contributed by atoms with Gasteiger partial charge >= 0.3 is 0 Å². The average molecular weight is 280 g/mol. The fourth-order valence-corrected chi connectivity index (χ4v) is 1.69. The van der Waals surface area contributed by atoms with E-state index in [-0.39, 0.29) is 0 Å². The largest absolute Gasteiger partial charge is 0.389 e. The maximum absolute atomic E-state index is 9.69. The molecule has 0 saturated carbocycles. The molecule has 0 fully saturated rings. The fourth-order valence-electron chi connectivity index (χ4n) is 1.17. The van der Waals surface area contributed by atoms with E-state index in [1.165, 1.54) is 0 Å². The summed E-state index contributed by atoms with van der Waals surface area (Å²) in [4.78, 5) is 0. The van der Waals surface area contributed by atoms with Crippen LogP contribution in [0.5, 0.6) is 0 Å². The highest BCUT2D eigenvalue weighted by atomic mass is 79.9. The summed E-state index contributed by atoms with van der Waals surface area (Å²) in [6.07, 6.45) is -1.65. The highest BCUT2D eigenvalue weighted by molar-refractivity contribution is 9.09. The zero-order valence-electron chi connectivity index (χ0n) is 7.53. The summed E-state index contributed by atoms with van der Waals surface area (Å²) >= 11 is 8.78. The second kappa shape index (κ2) is 5.71. The molecule has 2 atom stereocenters. The zero-order valence-corrected chi connectivity index (χ0v) is 9.87. The van der Waals surface area contributed by atoms with Crippen LogP contribution in [0, 0.1) is 0 Å². The molecule has 2 N–H and O–H groups in total. The van der Waals surface area contributed by atoms with Crippen molar-refractivity contribution < 1.29 is 10.2 Å². The van der Waals surface area contributed by atoms with Crippen LogP contribution in [0.4, 0.5) is 0 Å². The third-order valence-corrected chi connectivity index (χ3v) is 2.94. The molecule has 0 radical (unpaired) electrons. The third kappa shape index (κ3) is 2.95. The predicted octanol–water partition coefficient (Wildman–Crippen LogP) is 2.21. The molecule has 0 aromatic heterocycles. The van der Waals surface area contributed by atoms with Crippen molar-refractivity contribution in [3.8, 4) is 0 Å². The standard InChI is InChI=1S/C10H12BrClO2/c11-5-9(13)10(14)8-3-1-2-7(4-8)6-12/h1-4,9-10,13-14H,5-6H2. The molecule has 78 valence electrons. The van der Waals surface area contributed by atoms with Gasteiger partial charge in [-0.25, -0.2) is 0 Å². The van der Waals surface area contributed by atoms with Crippen molar-refractivity contribution in [2.45, 2.75) is 18.1 Å². The Kier molecular flexibility index (Phi) is 4.89. The zero-order chi connectivity index (χ0) is 10.6. The predicted molar refractivity (Wildman–Crippen MR) is 60.8 cm³/mol. The minimum atomic E-state index is -0.863. The second-order valence-corrected chi connectivity index (χ2v) is 3.96. The van der Waals surface area contributed by atoms with Crippen LogP contribution in [0.15, 0.2) is 24.3 Å². The number of hydrogen-bond acceptors (Lipinski definition) is 2. The highest BCUT2D eigenvalue weighted by Crippen LogP contribution is 2.19. The minimum Gasteiger partial charge on any atom is -0.389 e. The molecule has 1 rings (SSSR count). The fraction of sp³-hybridized carbons (Fsp3) is 0.400. The number of aliphatic hydroxyl groups excluding tert-OH is 2. The number of halogens is 2. The van der Waals surface area contributed by atoms with Crippen molar-refractivity contribution >= 4 is 27.5 Å². The summed E-state index contributed by atoms with van der Waals surface area (Å²) in [5.41, 5.74) is 1.63. The van der Waals surface area contributed by atoms with Crippen molar-refractivity contribution in [2.24, 2.45) is 0 Å². The molecule has 0 spiro atoms. The lowest BCUT2D eigenvalue weighted by atomic mass is 10.0. The first-order valence-corrected chi connectivity index (χ1v) is 5.91. The molecule has 0 amide bonds. The van der Waals surface area contributed by atoms with Crippen LogP contribution in [0.25, 0.3) is 0 Å². The SMILES string of the molecule is OC(CBr)C(O)c1cccc(CCl)c1. The van der Waals surface area contributed by atoms with Crippen LogP contribution in [0.2, 0.25) is 0 Å². The molecule has 2 nitrogen and oxygen atoms in total. The Morgan fingerprint density at radius 2 is 2.07 bits per heavy atom. The van der Waals surface area contributed by atoms with E-state index >= 15 is 0 Å². The van der Waals surface area contributed by atoms with Crippen molar-refractivity contribution in [3.05, 3.63) is 35.4 Å². The Bertz CT molecular complexity index is 293. The van der Waals surface area contributed by atoms with E-state index in [1.54, 1.807) is 12.1 Å². The van der Waals surface area contributed by atoms with Gasteiger partial charge in [-0.3, -0.25) is 0 Å². The van der Waals surface area contributed by atoms with Gasteiger partial charge in [0.25, 0.3) is 0 Å². The van der Waals surface area contributed by atoms with Gasteiger partial charge in [-0.2, -0.15) is 0 Å². The Hall–Kier alpha value is -0.0900. The molecule has 0 aliphatic rings. The van der Waals surface area contributed by atoms with Gasteiger partial charge in [-0.05, 0) is 11.1 Å². The van der Waals surface area contributed by atoms with E-state index in [1.807, 2.05) is 12.1 Å².